The van der Waals surface area contributed by atoms with Crippen LogP contribution in [-0.4, -0.2) is 71.3 Å². The van der Waals surface area contributed by atoms with E-state index >= 15 is 0 Å². The van der Waals surface area contributed by atoms with Crippen molar-refractivity contribution in [3.63, 3.8) is 0 Å². The van der Waals surface area contributed by atoms with Crippen LogP contribution in [0.15, 0.2) is 60.8 Å². The van der Waals surface area contributed by atoms with Gasteiger partial charge in [0.1, 0.15) is 11.6 Å². The number of H-pyrrole nitrogens is 1. The van der Waals surface area contributed by atoms with E-state index in [1.165, 1.54) is 12.0 Å². The van der Waals surface area contributed by atoms with Crippen molar-refractivity contribution < 1.29 is 28.7 Å². The number of hydrogen-bond acceptors (Lipinski definition) is 6. The number of carbonyl (C=O) groups is 4. The summed E-state index contributed by atoms with van der Waals surface area (Å²) in [6.45, 7) is 5.55. The van der Waals surface area contributed by atoms with Crippen molar-refractivity contribution >= 4 is 34.9 Å². The van der Waals surface area contributed by atoms with Crippen molar-refractivity contribution in [1.29, 1.82) is 0 Å². The van der Waals surface area contributed by atoms with Crippen LogP contribution < -0.4 is 16.0 Å². The van der Waals surface area contributed by atoms with Crippen LogP contribution in [0.1, 0.15) is 38.3 Å². The second-order valence-corrected chi connectivity index (χ2v) is 11.0. The van der Waals surface area contributed by atoms with Gasteiger partial charge in [0.25, 0.3) is 0 Å². The van der Waals surface area contributed by atoms with Gasteiger partial charge >= 0.3 is 18.1 Å². The summed E-state index contributed by atoms with van der Waals surface area (Å²) in [5.41, 5.74) is 1.95. The molecule has 218 valence electrons. The van der Waals surface area contributed by atoms with Crippen molar-refractivity contribution in [2.75, 3.05) is 13.7 Å². The Morgan fingerprint density at radius 3 is 2.49 bits per heavy atom. The predicted octanol–water partition coefficient (Wildman–Crippen LogP) is 3.25. The molecule has 0 bridgehead atoms. The summed E-state index contributed by atoms with van der Waals surface area (Å²) in [5.74, 6) is -1.12. The van der Waals surface area contributed by atoms with E-state index in [1.807, 2.05) is 60.8 Å². The highest BCUT2D eigenvalue weighted by Gasteiger charge is 2.44. The number of methoxy groups -OCH3 is 1. The largest absolute Gasteiger partial charge is 0.469 e. The van der Waals surface area contributed by atoms with Gasteiger partial charge in [0.05, 0.1) is 25.6 Å². The molecule has 1 aromatic heterocycles. The molecule has 4 N–H and O–H groups in total. The summed E-state index contributed by atoms with van der Waals surface area (Å²) in [6, 6.07) is 14.0. The van der Waals surface area contributed by atoms with Gasteiger partial charge in [-0.3, -0.25) is 9.59 Å². The maximum absolute atomic E-state index is 13.8. The molecule has 2 heterocycles. The lowest BCUT2D eigenvalue weighted by atomic mass is 9.93. The third-order valence-corrected chi connectivity index (χ3v) is 6.87. The molecule has 0 radical (unpaired) electrons. The lowest BCUT2D eigenvalue weighted by Crippen LogP contribution is -2.69. The molecule has 1 aliphatic heterocycles. The van der Waals surface area contributed by atoms with Gasteiger partial charge in [-0.2, -0.15) is 0 Å². The fourth-order valence-corrected chi connectivity index (χ4v) is 4.98. The first-order chi connectivity index (χ1) is 19.6. The van der Waals surface area contributed by atoms with Gasteiger partial charge in [-0.15, -0.1) is 0 Å². The Bertz CT molecular complexity index is 1380. The first kappa shape index (κ1) is 29.4. The monoisotopic (exact) mass is 563 g/mol. The number of benzene rings is 2. The molecule has 1 aliphatic rings. The van der Waals surface area contributed by atoms with Crippen LogP contribution in [0.3, 0.4) is 0 Å². The fraction of sp³-hybridized carbons (Fsp3) is 0.400. The summed E-state index contributed by atoms with van der Waals surface area (Å²) in [6.07, 6.45) is 1.18. The van der Waals surface area contributed by atoms with Crippen molar-refractivity contribution in [2.24, 2.45) is 0 Å². The zero-order valence-corrected chi connectivity index (χ0v) is 23.7. The van der Waals surface area contributed by atoms with E-state index in [0.29, 0.717) is 6.42 Å². The van der Waals surface area contributed by atoms with Crippen LogP contribution in [0.25, 0.3) is 10.9 Å². The Morgan fingerprint density at radius 1 is 1.07 bits per heavy atom. The van der Waals surface area contributed by atoms with Crippen molar-refractivity contribution in [3.8, 4) is 0 Å². The molecule has 4 rings (SSSR count). The van der Waals surface area contributed by atoms with Crippen LogP contribution in [0.5, 0.6) is 0 Å². The number of aromatic amines is 1. The lowest BCUT2D eigenvalue weighted by molar-refractivity contribution is -0.146. The van der Waals surface area contributed by atoms with E-state index in [2.05, 4.69) is 20.9 Å². The Labute approximate surface area is 238 Å². The zero-order valence-electron chi connectivity index (χ0n) is 23.7. The van der Waals surface area contributed by atoms with Gasteiger partial charge in [-0.25, -0.2) is 9.59 Å². The van der Waals surface area contributed by atoms with E-state index in [1.54, 1.807) is 20.8 Å². The summed E-state index contributed by atoms with van der Waals surface area (Å²) in [4.78, 5) is 56.8. The number of alkyl carbamates (subject to hydrolysis) is 1. The van der Waals surface area contributed by atoms with Crippen molar-refractivity contribution in [3.05, 3.63) is 71.9 Å². The molecule has 1 saturated heterocycles. The van der Waals surface area contributed by atoms with Crippen LogP contribution in [0.4, 0.5) is 9.59 Å². The van der Waals surface area contributed by atoms with E-state index < -0.39 is 47.7 Å². The third-order valence-electron chi connectivity index (χ3n) is 6.87. The van der Waals surface area contributed by atoms with Crippen molar-refractivity contribution in [2.45, 2.75) is 63.9 Å². The molecule has 0 aliphatic carbocycles. The number of carbonyl (C=O) groups excluding carboxylic acids is 4. The quantitative estimate of drug-likeness (QED) is 0.310. The Hall–Kier alpha value is -4.54. The number of aromatic nitrogens is 1. The standard InChI is InChI=1S/C30H37N5O6/c1-30(2,3)41-29(39)34-23(14-20-17-31-22-13-9-8-12-21(20)22)25-18-32-27(37)24(15-26(36)40-4)35(25)28(38)33-16-19-10-6-5-7-11-19/h5-13,17,23-25,31H,14-16,18H2,1-4H3,(H,32,37)(H,33,38)(H,34,39)/t23-,24+,25+/m1/s1. The maximum Gasteiger partial charge on any atom is 0.407 e. The maximum atomic E-state index is 13.8. The third kappa shape index (κ3) is 7.56. The normalized spacial score (nSPS) is 17.9. The highest BCUT2D eigenvalue weighted by atomic mass is 16.6. The molecule has 11 heteroatoms. The minimum Gasteiger partial charge on any atom is -0.469 e. The van der Waals surface area contributed by atoms with Gasteiger partial charge < -0.3 is 35.3 Å². The minimum absolute atomic E-state index is 0.0537. The molecule has 0 spiro atoms. The smallest absolute Gasteiger partial charge is 0.407 e. The predicted molar refractivity (Wildman–Crippen MR) is 153 cm³/mol. The first-order valence-electron chi connectivity index (χ1n) is 13.5. The average Bonchev–Trinajstić information content (AvgIpc) is 3.34. The molecule has 0 saturated carbocycles. The SMILES string of the molecule is COC(=O)C[C@H]1C(=O)NC[C@@H]([C@@H](Cc2c[nH]c3ccccc23)NC(=O)OC(C)(C)C)N1C(=O)NCc1ccccc1. The number of nitrogens with one attached hydrogen (secondary N) is 4. The highest BCUT2D eigenvalue weighted by molar-refractivity contribution is 5.92. The molecule has 11 nitrogen and oxygen atoms in total. The molecular formula is C30H37N5O6. The molecular weight excluding hydrogens is 526 g/mol. The van der Waals surface area contributed by atoms with Gasteiger partial charge in [0.15, 0.2) is 0 Å². The highest BCUT2D eigenvalue weighted by Crippen LogP contribution is 2.24. The van der Waals surface area contributed by atoms with Gasteiger partial charge in [0, 0.05) is 30.2 Å². The van der Waals surface area contributed by atoms with Gasteiger partial charge in [-0.1, -0.05) is 48.5 Å². The number of amides is 4. The zero-order chi connectivity index (χ0) is 29.6. The molecule has 41 heavy (non-hydrogen) atoms. The number of piperazine rings is 1. The Balaban J connectivity index is 1.69. The van der Waals surface area contributed by atoms with Crippen LogP contribution in [0.2, 0.25) is 0 Å². The summed E-state index contributed by atoms with van der Waals surface area (Å²) >= 11 is 0. The summed E-state index contributed by atoms with van der Waals surface area (Å²) in [5, 5.41) is 9.61. The fourth-order valence-electron chi connectivity index (χ4n) is 4.98. The van der Waals surface area contributed by atoms with Crippen LogP contribution in [0, 0.1) is 0 Å². The minimum atomic E-state index is -1.15. The number of nitrogens with zero attached hydrogens (tertiary/aromatic N) is 1. The molecule has 3 atom stereocenters. The topological polar surface area (TPSA) is 142 Å². The van der Waals surface area contributed by atoms with E-state index in [-0.39, 0.29) is 19.5 Å². The lowest BCUT2D eigenvalue weighted by Gasteiger charge is -2.44. The molecule has 3 aromatic rings. The molecule has 1 fully saturated rings. The first-order valence-corrected chi connectivity index (χ1v) is 13.5. The number of urea groups is 1. The average molecular weight is 564 g/mol. The number of para-hydroxylation sites is 1. The van der Waals surface area contributed by atoms with Crippen molar-refractivity contribution in [1.82, 2.24) is 25.8 Å². The molecule has 0 unspecified atom stereocenters. The number of fused-ring (bicyclic) bond motifs is 1. The van der Waals surface area contributed by atoms with E-state index in [9.17, 15) is 19.2 Å². The number of esters is 1. The van der Waals surface area contributed by atoms with E-state index in [0.717, 1.165) is 22.0 Å². The van der Waals surface area contributed by atoms with E-state index in [4.69, 9.17) is 9.47 Å². The second kappa shape index (κ2) is 12.8. The number of rotatable bonds is 8. The summed E-state index contributed by atoms with van der Waals surface area (Å²) < 4.78 is 10.4. The molecule has 2 aromatic carbocycles. The second-order valence-electron chi connectivity index (χ2n) is 11.0. The van der Waals surface area contributed by atoms with Gasteiger partial charge in [0.2, 0.25) is 5.91 Å². The van der Waals surface area contributed by atoms with Crippen LogP contribution >= 0.6 is 0 Å². The summed E-state index contributed by atoms with van der Waals surface area (Å²) in [7, 11) is 1.23. The number of hydrogen-bond donors (Lipinski definition) is 4. The van der Waals surface area contributed by atoms with Gasteiger partial charge in [-0.05, 0) is 44.4 Å². The van der Waals surface area contributed by atoms with Crippen LogP contribution in [-0.2, 0) is 32.0 Å². The Kier molecular flexibility index (Phi) is 9.16. The number of ether oxygens (including phenoxy) is 2. The molecule has 4 amide bonds. The Morgan fingerprint density at radius 2 is 1.78 bits per heavy atom.